The zero-order valence-electron chi connectivity index (χ0n) is 16.7. The van der Waals surface area contributed by atoms with E-state index in [4.69, 9.17) is 14.2 Å². The van der Waals surface area contributed by atoms with Gasteiger partial charge in [0.25, 0.3) is 0 Å². The lowest BCUT2D eigenvalue weighted by atomic mass is 9.72. The normalized spacial score (nSPS) is 26.9. The molecule has 0 bridgehead atoms. The predicted octanol–water partition coefficient (Wildman–Crippen LogP) is 3.57. The van der Waals surface area contributed by atoms with Crippen LogP contribution in [0.5, 0.6) is 11.5 Å². The Kier molecular flexibility index (Phi) is 5.84. The van der Waals surface area contributed by atoms with Crippen molar-refractivity contribution in [3.8, 4) is 11.5 Å². The van der Waals surface area contributed by atoms with Gasteiger partial charge in [-0.15, -0.1) is 0 Å². The number of likely N-dealkylation sites (tertiary alicyclic amines) is 1. The SMILES string of the molecule is COC(=O)N1CC(c2ccc(OC)c(OC3CCCC3)c2)[C@](C)(C(C)O)C1. The highest BCUT2D eigenvalue weighted by molar-refractivity contribution is 5.68. The lowest BCUT2D eigenvalue weighted by Gasteiger charge is -2.33. The van der Waals surface area contributed by atoms with Gasteiger partial charge in [-0.1, -0.05) is 13.0 Å². The topological polar surface area (TPSA) is 68.2 Å². The molecule has 1 saturated carbocycles. The van der Waals surface area contributed by atoms with Crippen LogP contribution in [-0.2, 0) is 4.74 Å². The smallest absolute Gasteiger partial charge is 0.409 e. The van der Waals surface area contributed by atoms with Crippen LogP contribution < -0.4 is 9.47 Å². The van der Waals surface area contributed by atoms with Crippen molar-refractivity contribution in [1.82, 2.24) is 4.90 Å². The van der Waals surface area contributed by atoms with Crippen LogP contribution in [0.15, 0.2) is 18.2 Å². The lowest BCUT2D eigenvalue weighted by molar-refractivity contribution is 0.0470. The van der Waals surface area contributed by atoms with Crippen LogP contribution in [0, 0.1) is 5.41 Å². The third kappa shape index (κ3) is 3.86. The largest absolute Gasteiger partial charge is 0.493 e. The maximum Gasteiger partial charge on any atom is 0.409 e. The number of amides is 1. The van der Waals surface area contributed by atoms with Gasteiger partial charge in [-0.3, -0.25) is 0 Å². The fourth-order valence-electron chi connectivity index (χ4n) is 4.38. The Morgan fingerprint density at radius 3 is 2.56 bits per heavy atom. The van der Waals surface area contributed by atoms with Crippen LogP contribution in [0.2, 0.25) is 0 Å². The number of ether oxygens (including phenoxy) is 3. The molecule has 6 heteroatoms. The first-order chi connectivity index (χ1) is 12.9. The van der Waals surface area contributed by atoms with Gasteiger partial charge in [-0.05, 0) is 50.3 Å². The van der Waals surface area contributed by atoms with Gasteiger partial charge in [0, 0.05) is 24.4 Å². The van der Waals surface area contributed by atoms with Gasteiger partial charge in [-0.2, -0.15) is 0 Å². The van der Waals surface area contributed by atoms with Gasteiger partial charge in [-0.25, -0.2) is 4.79 Å². The van der Waals surface area contributed by atoms with E-state index in [-0.39, 0.29) is 18.1 Å². The summed E-state index contributed by atoms with van der Waals surface area (Å²) in [6, 6.07) is 5.94. The molecule has 6 nitrogen and oxygen atoms in total. The second-order valence-electron chi connectivity index (χ2n) is 8.02. The molecule has 2 aliphatic rings. The van der Waals surface area contributed by atoms with Crippen LogP contribution in [0.4, 0.5) is 4.79 Å². The second-order valence-corrected chi connectivity index (χ2v) is 8.02. The van der Waals surface area contributed by atoms with E-state index < -0.39 is 11.5 Å². The molecule has 3 atom stereocenters. The van der Waals surface area contributed by atoms with E-state index in [0.29, 0.717) is 18.8 Å². The van der Waals surface area contributed by atoms with Gasteiger partial charge >= 0.3 is 6.09 Å². The third-order valence-electron chi connectivity index (χ3n) is 6.30. The first-order valence-corrected chi connectivity index (χ1v) is 9.74. The molecule has 1 saturated heterocycles. The van der Waals surface area contributed by atoms with Crippen LogP contribution in [0.1, 0.15) is 51.0 Å². The highest BCUT2D eigenvalue weighted by Gasteiger charge is 2.48. The van der Waals surface area contributed by atoms with Gasteiger partial charge in [0.05, 0.1) is 26.4 Å². The van der Waals surface area contributed by atoms with Crippen molar-refractivity contribution in [1.29, 1.82) is 0 Å². The first-order valence-electron chi connectivity index (χ1n) is 9.74. The van der Waals surface area contributed by atoms with Gasteiger partial charge in [0.2, 0.25) is 0 Å². The van der Waals surface area contributed by atoms with E-state index >= 15 is 0 Å². The highest BCUT2D eigenvalue weighted by Crippen LogP contribution is 2.47. The fourth-order valence-corrected chi connectivity index (χ4v) is 4.38. The predicted molar refractivity (Wildman–Crippen MR) is 102 cm³/mol. The van der Waals surface area contributed by atoms with Crippen LogP contribution in [0.3, 0.4) is 0 Å². The van der Waals surface area contributed by atoms with Crippen molar-refractivity contribution in [2.45, 2.75) is 57.7 Å². The summed E-state index contributed by atoms with van der Waals surface area (Å²) >= 11 is 0. The summed E-state index contributed by atoms with van der Waals surface area (Å²) in [6.45, 7) is 4.76. The number of aliphatic hydroxyl groups is 1. The Hall–Kier alpha value is -1.95. The third-order valence-corrected chi connectivity index (χ3v) is 6.30. The van der Waals surface area contributed by atoms with Crippen molar-refractivity contribution in [2.75, 3.05) is 27.3 Å². The number of carbonyl (C=O) groups is 1. The summed E-state index contributed by atoms with van der Waals surface area (Å²) in [5.41, 5.74) is 0.575. The number of carbonyl (C=O) groups excluding carboxylic acids is 1. The molecule has 1 amide bonds. The zero-order chi connectivity index (χ0) is 19.6. The van der Waals surface area contributed by atoms with Crippen LogP contribution in [0.25, 0.3) is 0 Å². The molecule has 27 heavy (non-hydrogen) atoms. The van der Waals surface area contributed by atoms with E-state index in [1.54, 1.807) is 18.9 Å². The summed E-state index contributed by atoms with van der Waals surface area (Å²) in [6.07, 6.45) is 3.83. The maximum atomic E-state index is 12.1. The van der Waals surface area contributed by atoms with Gasteiger partial charge in [0.15, 0.2) is 11.5 Å². The molecule has 1 aromatic rings. The van der Waals surface area contributed by atoms with Crippen molar-refractivity contribution in [3.05, 3.63) is 23.8 Å². The molecule has 2 fully saturated rings. The van der Waals surface area contributed by atoms with E-state index in [0.717, 1.165) is 24.2 Å². The minimum Gasteiger partial charge on any atom is -0.493 e. The standard InChI is InChI=1S/C21H31NO5/c1-14(23)21(2)13-22(20(24)26-4)12-17(21)15-9-10-18(25-3)19(11-15)27-16-7-5-6-8-16/h9-11,14,16-17,23H,5-8,12-13H2,1-4H3/t14?,17?,21-/m0/s1. The molecule has 1 aliphatic carbocycles. The summed E-state index contributed by atoms with van der Waals surface area (Å²) in [5, 5.41) is 10.5. The van der Waals surface area contributed by atoms with Gasteiger partial charge in [0.1, 0.15) is 0 Å². The lowest BCUT2D eigenvalue weighted by Crippen LogP contribution is -2.38. The number of hydrogen-bond acceptors (Lipinski definition) is 5. The molecular formula is C21H31NO5. The average Bonchev–Trinajstić information content (AvgIpc) is 3.29. The molecule has 150 valence electrons. The van der Waals surface area contributed by atoms with Crippen LogP contribution in [-0.4, -0.2) is 55.6 Å². The summed E-state index contributed by atoms with van der Waals surface area (Å²) in [4.78, 5) is 13.7. The molecule has 0 radical (unpaired) electrons. The van der Waals surface area contributed by atoms with E-state index in [1.165, 1.54) is 20.0 Å². The average molecular weight is 377 g/mol. The number of benzene rings is 1. The van der Waals surface area contributed by atoms with Crippen molar-refractivity contribution in [3.63, 3.8) is 0 Å². The van der Waals surface area contributed by atoms with Gasteiger partial charge < -0.3 is 24.2 Å². The van der Waals surface area contributed by atoms with Crippen molar-refractivity contribution >= 4 is 6.09 Å². The second kappa shape index (κ2) is 7.97. The minimum atomic E-state index is -0.571. The first kappa shape index (κ1) is 19.8. The Morgan fingerprint density at radius 1 is 1.26 bits per heavy atom. The van der Waals surface area contributed by atoms with E-state index in [1.807, 2.05) is 25.1 Å². The molecule has 2 unspecified atom stereocenters. The van der Waals surface area contributed by atoms with Crippen molar-refractivity contribution in [2.24, 2.45) is 5.41 Å². The molecule has 1 N–H and O–H groups in total. The molecule has 1 aliphatic heterocycles. The number of hydrogen-bond donors (Lipinski definition) is 1. The Bertz CT molecular complexity index is 671. The summed E-state index contributed by atoms with van der Waals surface area (Å²) < 4.78 is 16.6. The summed E-state index contributed by atoms with van der Waals surface area (Å²) in [7, 11) is 3.03. The fraction of sp³-hybridized carbons (Fsp3) is 0.667. The maximum absolute atomic E-state index is 12.1. The molecule has 1 aromatic carbocycles. The number of aliphatic hydroxyl groups excluding tert-OH is 1. The number of rotatable bonds is 5. The highest BCUT2D eigenvalue weighted by atomic mass is 16.5. The molecule has 0 aromatic heterocycles. The number of methoxy groups -OCH3 is 2. The monoisotopic (exact) mass is 377 g/mol. The Morgan fingerprint density at radius 2 is 1.96 bits per heavy atom. The Balaban J connectivity index is 1.91. The zero-order valence-corrected chi connectivity index (χ0v) is 16.7. The molecule has 3 rings (SSSR count). The number of nitrogens with zero attached hydrogens (tertiary/aromatic N) is 1. The van der Waals surface area contributed by atoms with E-state index in [9.17, 15) is 9.90 Å². The van der Waals surface area contributed by atoms with E-state index in [2.05, 4.69) is 0 Å². The quantitative estimate of drug-likeness (QED) is 0.850. The minimum absolute atomic E-state index is 0.0200. The molecule has 1 heterocycles. The summed E-state index contributed by atoms with van der Waals surface area (Å²) in [5.74, 6) is 1.44. The van der Waals surface area contributed by atoms with Crippen molar-refractivity contribution < 1.29 is 24.1 Å². The Labute approximate surface area is 161 Å². The molecular weight excluding hydrogens is 346 g/mol. The van der Waals surface area contributed by atoms with Crippen LogP contribution >= 0.6 is 0 Å². The molecule has 0 spiro atoms.